The second-order valence-electron chi connectivity index (χ2n) is 8.93. The van der Waals surface area contributed by atoms with Crippen LogP contribution >= 0.6 is 0 Å². The normalized spacial score (nSPS) is 24.6. The first-order chi connectivity index (χ1) is 16.0. The summed E-state index contributed by atoms with van der Waals surface area (Å²) in [6, 6.07) is 18.2. The van der Waals surface area contributed by atoms with E-state index in [0.29, 0.717) is 5.75 Å². The summed E-state index contributed by atoms with van der Waals surface area (Å²) in [5.74, 6) is 0.261. The number of allylic oxidation sites excluding steroid dienone is 1. The van der Waals surface area contributed by atoms with E-state index >= 15 is 0 Å². The van der Waals surface area contributed by atoms with Crippen LogP contribution in [0.5, 0.6) is 0 Å². The molecule has 1 aliphatic heterocycles. The van der Waals surface area contributed by atoms with Crippen molar-refractivity contribution in [3.63, 3.8) is 0 Å². The largest absolute Gasteiger partial charge is 0.469 e. The number of carbonyl (C=O) groups excluding carboxylic acids is 1. The fourth-order valence-electron chi connectivity index (χ4n) is 5.85. The molecule has 1 aliphatic carbocycles. The summed E-state index contributed by atoms with van der Waals surface area (Å²) in [6.45, 7) is 3.58. The van der Waals surface area contributed by atoms with Gasteiger partial charge in [0.25, 0.3) is 0 Å². The Hall–Kier alpha value is -2.70. The number of ether oxygens (including phenoxy) is 1. The van der Waals surface area contributed by atoms with Crippen molar-refractivity contribution in [1.82, 2.24) is 9.47 Å². The molecule has 5 nitrogen and oxygen atoms in total. The van der Waals surface area contributed by atoms with E-state index in [-0.39, 0.29) is 23.8 Å². The summed E-state index contributed by atoms with van der Waals surface area (Å²) in [6.07, 6.45) is 3.03. The second-order valence-corrected chi connectivity index (χ2v) is 10.5. The maximum Gasteiger partial charge on any atom is 0.313 e. The predicted octanol–water partition coefficient (Wildman–Crippen LogP) is 4.57. The van der Waals surface area contributed by atoms with Gasteiger partial charge >= 0.3 is 5.97 Å². The quantitative estimate of drug-likeness (QED) is 0.412. The van der Waals surface area contributed by atoms with E-state index in [1.54, 1.807) is 0 Å². The Balaban J connectivity index is 1.57. The maximum absolute atomic E-state index is 13.1. The van der Waals surface area contributed by atoms with Gasteiger partial charge in [0.2, 0.25) is 0 Å². The highest BCUT2D eigenvalue weighted by molar-refractivity contribution is 7.85. The van der Waals surface area contributed by atoms with Crippen LogP contribution in [0.25, 0.3) is 10.9 Å². The van der Waals surface area contributed by atoms with Gasteiger partial charge < -0.3 is 9.30 Å². The van der Waals surface area contributed by atoms with E-state index in [9.17, 15) is 9.00 Å². The average molecular weight is 463 g/mol. The zero-order valence-corrected chi connectivity index (χ0v) is 20.2. The molecule has 2 heterocycles. The minimum Gasteiger partial charge on any atom is -0.469 e. The second kappa shape index (κ2) is 8.92. The number of benzene rings is 2. The van der Waals surface area contributed by atoms with Crippen molar-refractivity contribution in [3.8, 4) is 0 Å². The van der Waals surface area contributed by atoms with Crippen molar-refractivity contribution in [2.45, 2.75) is 30.2 Å². The molecule has 0 spiro atoms. The fraction of sp³-hybridized carbons (Fsp3) is 0.370. The minimum atomic E-state index is -1.04. The topological polar surface area (TPSA) is 51.5 Å². The van der Waals surface area contributed by atoms with Crippen LogP contribution in [0.2, 0.25) is 0 Å². The zero-order valence-electron chi connectivity index (χ0n) is 19.4. The van der Waals surface area contributed by atoms with E-state index in [2.05, 4.69) is 41.6 Å². The molecular formula is C27H30N2O3S. The van der Waals surface area contributed by atoms with Crippen molar-refractivity contribution in [2.75, 3.05) is 26.0 Å². The lowest BCUT2D eigenvalue weighted by Crippen LogP contribution is -2.47. The summed E-state index contributed by atoms with van der Waals surface area (Å²) in [5.41, 5.74) is 4.71. The highest BCUT2D eigenvalue weighted by atomic mass is 32.2. The van der Waals surface area contributed by atoms with Crippen LogP contribution in [-0.4, -0.2) is 45.6 Å². The molecule has 1 saturated heterocycles. The summed E-state index contributed by atoms with van der Waals surface area (Å²) in [5, 5.41) is 1.13. The Morgan fingerprint density at radius 3 is 2.61 bits per heavy atom. The lowest BCUT2D eigenvalue weighted by Gasteiger charge is -2.47. The number of nitrogens with zero attached hydrogens (tertiary/aromatic N) is 2. The molecule has 1 aromatic heterocycles. The third kappa shape index (κ3) is 3.65. The number of aromatic nitrogens is 1. The molecule has 33 heavy (non-hydrogen) atoms. The molecule has 0 N–H and O–H groups in total. The van der Waals surface area contributed by atoms with Crippen LogP contribution in [-0.2, 0) is 27.4 Å². The first-order valence-corrected chi connectivity index (χ1v) is 12.8. The molecule has 0 amide bonds. The molecule has 172 valence electrons. The van der Waals surface area contributed by atoms with Gasteiger partial charge in [-0.2, -0.15) is 0 Å². The van der Waals surface area contributed by atoms with Crippen LogP contribution in [0.4, 0.5) is 0 Å². The molecule has 6 heteroatoms. The average Bonchev–Trinajstić information content (AvgIpc) is 3.16. The van der Waals surface area contributed by atoms with Gasteiger partial charge in [0.05, 0.1) is 29.9 Å². The molecule has 0 radical (unpaired) electrons. The predicted molar refractivity (Wildman–Crippen MR) is 132 cm³/mol. The monoisotopic (exact) mass is 462 g/mol. The van der Waals surface area contributed by atoms with E-state index in [1.165, 1.54) is 18.4 Å². The van der Waals surface area contributed by atoms with Gasteiger partial charge in [0.1, 0.15) is 0 Å². The van der Waals surface area contributed by atoms with E-state index < -0.39 is 10.8 Å². The molecule has 0 saturated carbocycles. The summed E-state index contributed by atoms with van der Waals surface area (Å²) in [7, 11) is 2.55. The van der Waals surface area contributed by atoms with Gasteiger partial charge in [-0.3, -0.25) is 13.9 Å². The number of aryl methyl sites for hydroxylation is 1. The van der Waals surface area contributed by atoms with E-state index in [1.807, 2.05) is 42.5 Å². The highest BCUT2D eigenvalue weighted by Crippen LogP contribution is 2.53. The third-order valence-electron chi connectivity index (χ3n) is 7.40. The first-order valence-electron chi connectivity index (χ1n) is 11.5. The standard InChI is InChI=1S/C27H30N2O3S/c1-4-18-17-29(14-15-33(31)19-10-6-5-7-11-19)23-16-21(18)25(27(30)32-3)24-20-12-8-9-13-22(20)28(2)26(23)24/h4-13,21,23,25H,14-17H2,1-3H3/b18-4-/t21-,23-,25+,33?/m0/s1. The molecule has 4 atom stereocenters. The Labute approximate surface area is 197 Å². The Bertz CT molecular complexity index is 1250. The van der Waals surface area contributed by atoms with Crippen LogP contribution in [0.3, 0.4) is 0 Å². The summed E-state index contributed by atoms with van der Waals surface area (Å²) < 4.78 is 20.5. The summed E-state index contributed by atoms with van der Waals surface area (Å²) >= 11 is 0. The molecular weight excluding hydrogens is 432 g/mol. The maximum atomic E-state index is 13.1. The number of likely N-dealkylation sites (tertiary alicyclic amines) is 1. The number of carbonyl (C=O) groups is 1. The zero-order chi connectivity index (χ0) is 23.1. The van der Waals surface area contributed by atoms with E-state index in [0.717, 1.165) is 40.9 Å². The van der Waals surface area contributed by atoms with Crippen LogP contribution < -0.4 is 0 Å². The summed E-state index contributed by atoms with van der Waals surface area (Å²) in [4.78, 5) is 16.4. The Morgan fingerprint density at radius 1 is 1.15 bits per heavy atom. The Kier molecular flexibility index (Phi) is 5.97. The fourth-order valence-corrected chi connectivity index (χ4v) is 6.95. The number of fused-ring (bicyclic) bond motifs is 6. The van der Waals surface area contributed by atoms with Gasteiger partial charge in [0.15, 0.2) is 0 Å². The molecule has 1 unspecified atom stereocenters. The highest BCUT2D eigenvalue weighted by Gasteiger charge is 2.48. The number of hydrogen-bond donors (Lipinski definition) is 0. The molecule has 1 fully saturated rings. The molecule has 5 rings (SSSR count). The molecule has 3 aromatic rings. The number of esters is 1. The van der Waals surface area contributed by atoms with Crippen molar-refractivity contribution in [1.29, 1.82) is 0 Å². The van der Waals surface area contributed by atoms with Gasteiger partial charge in [-0.1, -0.05) is 48.0 Å². The number of para-hydroxylation sites is 1. The number of hydrogen-bond acceptors (Lipinski definition) is 4. The van der Waals surface area contributed by atoms with Gasteiger partial charge in [-0.05, 0) is 37.1 Å². The van der Waals surface area contributed by atoms with Crippen LogP contribution in [0, 0.1) is 5.92 Å². The minimum absolute atomic E-state index is 0.127. The molecule has 2 aromatic carbocycles. The van der Waals surface area contributed by atoms with Gasteiger partial charge in [-0.15, -0.1) is 0 Å². The van der Waals surface area contributed by atoms with E-state index in [4.69, 9.17) is 4.74 Å². The van der Waals surface area contributed by atoms with Crippen molar-refractivity contribution in [3.05, 3.63) is 77.5 Å². The number of methoxy groups -OCH3 is 1. The number of piperidine rings is 1. The van der Waals surface area contributed by atoms with Gasteiger partial charge in [0, 0.05) is 53.3 Å². The van der Waals surface area contributed by atoms with Crippen molar-refractivity contribution in [2.24, 2.45) is 13.0 Å². The smallest absolute Gasteiger partial charge is 0.313 e. The first kappa shape index (κ1) is 22.1. The van der Waals surface area contributed by atoms with Crippen LogP contribution in [0.1, 0.15) is 36.6 Å². The van der Waals surface area contributed by atoms with Crippen LogP contribution in [0.15, 0.2) is 71.1 Å². The van der Waals surface area contributed by atoms with Crippen molar-refractivity contribution >= 4 is 27.7 Å². The Morgan fingerprint density at radius 2 is 1.88 bits per heavy atom. The van der Waals surface area contributed by atoms with Crippen molar-refractivity contribution < 1.29 is 13.7 Å². The number of rotatable bonds is 5. The SMILES string of the molecule is C/C=C1/CN(CCS(=O)c2ccccc2)[C@H]2C[C@@H]1[C@@H](C(=O)OC)c1c2n(C)c2ccccc12. The third-order valence-corrected chi connectivity index (χ3v) is 8.75. The lowest BCUT2D eigenvalue weighted by atomic mass is 9.68. The lowest BCUT2D eigenvalue weighted by molar-refractivity contribution is -0.144. The molecule has 2 aliphatic rings. The van der Waals surface area contributed by atoms with Gasteiger partial charge in [-0.25, -0.2) is 0 Å². The molecule has 2 bridgehead atoms.